The van der Waals surface area contributed by atoms with E-state index in [-0.39, 0.29) is 28.0 Å². The molecule has 1 aliphatic carbocycles. The van der Waals surface area contributed by atoms with Crippen LogP contribution in [0, 0.1) is 37.5 Å². The first kappa shape index (κ1) is 41.8. The normalized spacial score (nSPS) is 17.3. The molecule has 0 spiro atoms. The first-order valence-corrected chi connectivity index (χ1v) is 17.2. The van der Waals surface area contributed by atoms with Gasteiger partial charge in [0.25, 0.3) is 5.91 Å². The van der Waals surface area contributed by atoms with Gasteiger partial charge in [-0.15, -0.1) is 0 Å². The number of benzene rings is 1. The van der Waals surface area contributed by atoms with Crippen molar-refractivity contribution in [1.29, 1.82) is 0 Å². The molecule has 1 aromatic heterocycles. The molecule has 2 N–H and O–H groups in total. The average molecular weight is 734 g/mol. The van der Waals surface area contributed by atoms with Crippen molar-refractivity contribution in [3.63, 3.8) is 0 Å². The molecule has 0 bridgehead atoms. The molecular weight excluding hydrogens is 686 g/mol. The number of fused-ring (bicyclic) bond motifs is 3. The fourth-order valence-electron chi connectivity index (χ4n) is 6.64. The van der Waals surface area contributed by atoms with Crippen LogP contribution in [0.4, 0.5) is 0 Å². The number of hydrogen-bond donors (Lipinski definition) is 2. The van der Waals surface area contributed by atoms with Gasteiger partial charge in [0.15, 0.2) is 5.78 Å². The Morgan fingerprint density at radius 2 is 1.30 bits per heavy atom. The number of ether oxygens (including phenoxy) is 3. The van der Waals surface area contributed by atoms with Gasteiger partial charge in [-0.1, -0.05) is 52.0 Å². The van der Waals surface area contributed by atoms with Crippen LogP contribution in [0.1, 0.15) is 87.4 Å². The van der Waals surface area contributed by atoms with Crippen molar-refractivity contribution >= 4 is 52.6 Å². The molecule has 2 aromatic rings. The molecule has 53 heavy (non-hydrogen) atoms. The second kappa shape index (κ2) is 17.8. The summed E-state index contributed by atoms with van der Waals surface area (Å²) in [6, 6.07) is 1.61. The molecule has 0 aliphatic heterocycles. The van der Waals surface area contributed by atoms with Crippen molar-refractivity contribution in [2.45, 2.75) is 87.5 Å². The number of phenols is 1. The maximum absolute atomic E-state index is 13.4. The quantitative estimate of drug-likeness (QED) is 0.0744. The van der Waals surface area contributed by atoms with Crippen LogP contribution in [0.2, 0.25) is 0 Å². The minimum Gasteiger partial charge on any atom is -0.507 e. The van der Waals surface area contributed by atoms with Crippen molar-refractivity contribution in [2.75, 3.05) is 0 Å². The van der Waals surface area contributed by atoms with E-state index in [4.69, 9.17) is 18.6 Å². The predicted molar refractivity (Wildman–Crippen MR) is 194 cm³/mol. The third kappa shape index (κ3) is 9.85. The van der Waals surface area contributed by atoms with Crippen LogP contribution < -0.4 is 5.32 Å². The number of amides is 1. The van der Waals surface area contributed by atoms with Gasteiger partial charge in [-0.2, -0.15) is 0 Å². The largest absolute Gasteiger partial charge is 0.507 e. The monoisotopic (exact) mass is 733 g/mol. The summed E-state index contributed by atoms with van der Waals surface area (Å²) in [6.45, 7) is 15.5. The van der Waals surface area contributed by atoms with Gasteiger partial charge in [0, 0.05) is 72.6 Å². The summed E-state index contributed by atoms with van der Waals surface area (Å²) in [7, 11) is 0. The number of rotatable bonds is 15. The Bertz CT molecular complexity index is 1930. The van der Waals surface area contributed by atoms with Crippen LogP contribution in [-0.2, 0) is 38.2 Å². The summed E-state index contributed by atoms with van der Waals surface area (Å²) in [4.78, 5) is 87.3. The number of aromatic hydroxyl groups is 1. The molecule has 7 atom stereocenters. The lowest BCUT2D eigenvalue weighted by Gasteiger charge is -2.39. The van der Waals surface area contributed by atoms with Gasteiger partial charge in [0.05, 0.1) is 11.3 Å². The van der Waals surface area contributed by atoms with Gasteiger partial charge in [0.1, 0.15) is 41.7 Å². The number of phenolic OH excluding ortho intramolecular Hbond substituents is 1. The Hall–Kier alpha value is -5.59. The van der Waals surface area contributed by atoms with Crippen molar-refractivity contribution < 1.29 is 57.3 Å². The Balaban J connectivity index is 1.85. The minimum absolute atomic E-state index is 0.000165. The molecule has 0 radical (unpaired) electrons. The SMILES string of the molecule is CC(=O)OC(C(C)/C=C/C=O)C(C)C(OC(C)=O)C(C)C(OC(C)=O)C(C)/C=C/C=C(\C)C(=O)NC1=CC(=O)c2c(c(O)c(C)c3oc(C)cc23)C1=O. The van der Waals surface area contributed by atoms with E-state index in [9.17, 15) is 38.7 Å². The number of carbonyl (C=O) groups excluding carboxylic acids is 7. The number of nitrogens with one attached hydrogen (secondary N) is 1. The zero-order chi connectivity index (χ0) is 39.9. The molecule has 7 unspecified atom stereocenters. The van der Waals surface area contributed by atoms with Gasteiger partial charge >= 0.3 is 17.9 Å². The number of furan rings is 1. The van der Waals surface area contributed by atoms with Crippen molar-refractivity contribution in [3.05, 3.63) is 76.2 Å². The van der Waals surface area contributed by atoms with Crippen LogP contribution in [0.25, 0.3) is 11.0 Å². The van der Waals surface area contributed by atoms with E-state index in [0.29, 0.717) is 23.0 Å². The summed E-state index contributed by atoms with van der Waals surface area (Å²) < 4.78 is 22.7. The maximum Gasteiger partial charge on any atom is 0.302 e. The first-order chi connectivity index (χ1) is 24.8. The number of aryl methyl sites for hydroxylation is 2. The lowest BCUT2D eigenvalue weighted by Crippen LogP contribution is -2.47. The van der Waals surface area contributed by atoms with E-state index >= 15 is 0 Å². The van der Waals surface area contributed by atoms with Crippen LogP contribution >= 0.6 is 0 Å². The van der Waals surface area contributed by atoms with Crippen LogP contribution in [0.15, 0.2) is 58.2 Å². The zero-order valence-electron chi connectivity index (χ0n) is 31.6. The Morgan fingerprint density at radius 3 is 1.81 bits per heavy atom. The summed E-state index contributed by atoms with van der Waals surface area (Å²) >= 11 is 0. The van der Waals surface area contributed by atoms with Gasteiger partial charge in [-0.25, -0.2) is 0 Å². The smallest absolute Gasteiger partial charge is 0.302 e. The molecular formula is C40H47NO12. The molecule has 13 nitrogen and oxygen atoms in total. The molecule has 284 valence electrons. The summed E-state index contributed by atoms with van der Waals surface area (Å²) in [5.74, 6) is -5.85. The van der Waals surface area contributed by atoms with Crippen molar-refractivity contribution in [2.24, 2.45) is 23.7 Å². The third-order valence-corrected chi connectivity index (χ3v) is 9.18. The molecule has 0 saturated heterocycles. The highest BCUT2D eigenvalue weighted by molar-refractivity contribution is 6.30. The molecule has 0 saturated carbocycles. The standard InChI is InChI=1S/C40H47NO12/c1-19(36(51-26(8)43)24(6)38(53-28(10)45)25(7)37(52-27(9)44)20(2)15-12-16-42)13-11-14-21(3)40(49)41-30-18-31(46)32-29-17-22(4)50-39(29)23(5)34(47)33(32)35(30)48/h11-20,24-25,36-38,47H,1-10H3,(H,41,49)/b13-11+,15-12+,21-14+. The minimum atomic E-state index is -0.904. The summed E-state index contributed by atoms with van der Waals surface area (Å²) in [5.41, 5.74) is 0.228. The highest BCUT2D eigenvalue weighted by Crippen LogP contribution is 2.40. The molecule has 1 aliphatic rings. The van der Waals surface area contributed by atoms with E-state index < -0.39 is 83.1 Å². The lowest BCUT2D eigenvalue weighted by atomic mass is 9.79. The predicted octanol–water partition coefficient (Wildman–Crippen LogP) is 5.73. The van der Waals surface area contributed by atoms with Crippen LogP contribution in [-0.4, -0.2) is 65.1 Å². The highest BCUT2D eigenvalue weighted by Gasteiger charge is 2.41. The van der Waals surface area contributed by atoms with E-state index in [1.54, 1.807) is 65.8 Å². The molecule has 1 heterocycles. The highest BCUT2D eigenvalue weighted by atomic mass is 16.6. The Morgan fingerprint density at radius 1 is 0.792 bits per heavy atom. The van der Waals surface area contributed by atoms with Gasteiger partial charge < -0.3 is 29.1 Å². The van der Waals surface area contributed by atoms with E-state index in [2.05, 4.69) is 5.32 Å². The molecule has 0 fully saturated rings. The Labute approximate surface area is 308 Å². The van der Waals surface area contributed by atoms with Gasteiger partial charge in [-0.3, -0.25) is 33.6 Å². The molecule has 13 heteroatoms. The average Bonchev–Trinajstić information content (AvgIpc) is 3.47. The van der Waals surface area contributed by atoms with E-state index in [1.165, 1.54) is 39.8 Å². The van der Waals surface area contributed by atoms with E-state index in [0.717, 1.165) is 6.08 Å². The topological polar surface area (TPSA) is 193 Å². The van der Waals surface area contributed by atoms with Crippen molar-refractivity contribution in [3.8, 4) is 5.75 Å². The van der Waals surface area contributed by atoms with Crippen molar-refractivity contribution in [1.82, 2.24) is 5.32 Å². The van der Waals surface area contributed by atoms with Crippen LogP contribution in [0.5, 0.6) is 5.75 Å². The number of esters is 3. The zero-order valence-corrected chi connectivity index (χ0v) is 31.6. The number of Topliss-reactive ketones (excluding diaryl/α,β-unsaturated/α-hetero) is 1. The summed E-state index contributed by atoms with van der Waals surface area (Å²) in [6.07, 6.45) is 6.63. The second-order valence-electron chi connectivity index (χ2n) is 13.4. The second-order valence-corrected chi connectivity index (χ2v) is 13.4. The first-order valence-electron chi connectivity index (χ1n) is 17.2. The number of carbonyl (C=O) groups is 7. The number of ketones is 2. The molecule has 1 amide bonds. The fraction of sp³-hybridized carbons (Fsp3) is 0.425. The third-order valence-electron chi connectivity index (χ3n) is 9.18. The van der Waals surface area contributed by atoms with Gasteiger partial charge in [-0.05, 0) is 32.9 Å². The lowest BCUT2D eigenvalue weighted by molar-refractivity contribution is -0.172. The van der Waals surface area contributed by atoms with E-state index in [1.807, 2.05) is 0 Å². The fourth-order valence-corrected chi connectivity index (χ4v) is 6.64. The Kier molecular flexibility index (Phi) is 14.0. The molecule has 3 rings (SSSR count). The maximum atomic E-state index is 13.4. The molecule has 1 aromatic carbocycles. The number of allylic oxidation sites excluding steroid dienone is 5. The summed E-state index contributed by atoms with van der Waals surface area (Å²) in [5, 5.41) is 13.7. The number of aldehydes is 1. The van der Waals surface area contributed by atoms with Gasteiger partial charge in [0.2, 0.25) is 5.78 Å². The van der Waals surface area contributed by atoms with Crippen LogP contribution in [0.3, 0.4) is 0 Å². The number of hydrogen-bond acceptors (Lipinski definition) is 12.